The molecule has 8 rings (SSSR count). The maximum absolute atomic E-state index is 6.57. The Morgan fingerprint density at radius 2 is 1.18 bits per heavy atom. The zero-order chi connectivity index (χ0) is 35.0. The summed E-state index contributed by atoms with van der Waals surface area (Å²) in [6.07, 6.45) is 2.66. The Morgan fingerprint density at radius 3 is 1.90 bits per heavy atom. The summed E-state index contributed by atoms with van der Waals surface area (Å²) in [4.78, 5) is 9.81. The van der Waals surface area contributed by atoms with Crippen molar-refractivity contribution in [1.82, 2.24) is 4.98 Å². The number of halogens is 1. The first-order valence-electron chi connectivity index (χ1n) is 17.3. The number of benzene rings is 6. The smallest absolute Gasteiger partial charge is 0.137 e. The number of para-hydroxylation sites is 4. The Hall–Kier alpha value is -5.65. The highest BCUT2D eigenvalue weighted by molar-refractivity contribution is 9.10. The zero-order valence-corrected chi connectivity index (χ0v) is 30.5. The fourth-order valence-corrected chi connectivity index (χ4v) is 7.26. The Kier molecular flexibility index (Phi) is 8.66. The van der Waals surface area contributed by atoms with E-state index < -0.39 is 0 Å². The van der Waals surface area contributed by atoms with Gasteiger partial charge in [0, 0.05) is 45.7 Å². The van der Waals surface area contributed by atoms with Crippen molar-refractivity contribution >= 4 is 50.2 Å². The number of anilines is 6. The number of hydrogen-bond acceptors (Lipinski definition) is 4. The van der Waals surface area contributed by atoms with Gasteiger partial charge in [-0.05, 0) is 94.9 Å². The van der Waals surface area contributed by atoms with Crippen LogP contribution in [0.2, 0.25) is 0 Å². The van der Waals surface area contributed by atoms with Gasteiger partial charge in [-0.1, -0.05) is 116 Å². The second-order valence-electron chi connectivity index (χ2n) is 13.8. The molecule has 0 radical (unpaired) electrons. The molecule has 4 nitrogen and oxygen atoms in total. The summed E-state index contributed by atoms with van der Waals surface area (Å²) in [5.74, 6) is 2.34. The summed E-state index contributed by atoms with van der Waals surface area (Å²) >= 11 is 3.61. The molecule has 0 amide bonds. The number of aromatic nitrogens is 1. The third kappa shape index (κ3) is 6.53. The maximum Gasteiger partial charge on any atom is 0.137 e. The van der Waals surface area contributed by atoms with Gasteiger partial charge in [0.2, 0.25) is 0 Å². The quantitative estimate of drug-likeness (QED) is 0.180. The molecule has 0 bridgehead atoms. The molecule has 7 aromatic rings. The van der Waals surface area contributed by atoms with E-state index in [1.807, 2.05) is 30.5 Å². The number of fused-ring (bicyclic) bond motifs is 5. The van der Waals surface area contributed by atoms with Gasteiger partial charge in [-0.15, -0.1) is 0 Å². The average molecular weight is 729 g/mol. The molecule has 1 aliphatic rings. The minimum absolute atomic E-state index is 0.0675. The largest absolute Gasteiger partial charge is 0.457 e. The second-order valence-corrected chi connectivity index (χ2v) is 14.8. The van der Waals surface area contributed by atoms with Gasteiger partial charge < -0.3 is 9.64 Å². The van der Waals surface area contributed by atoms with E-state index in [9.17, 15) is 0 Å². The van der Waals surface area contributed by atoms with Gasteiger partial charge in [0.25, 0.3) is 0 Å². The van der Waals surface area contributed by atoms with Crippen molar-refractivity contribution in [1.29, 1.82) is 0 Å². The minimum atomic E-state index is -0.0675. The second kappa shape index (κ2) is 13.6. The number of nitrogens with zero attached hydrogens (tertiary/aromatic N) is 3. The third-order valence-electron chi connectivity index (χ3n) is 9.38. The third-order valence-corrected chi connectivity index (χ3v) is 9.87. The molecule has 1 aromatic heterocycles. The van der Waals surface area contributed by atoms with E-state index in [1.165, 1.54) is 16.7 Å². The van der Waals surface area contributed by atoms with Gasteiger partial charge in [-0.25, -0.2) is 4.98 Å². The number of rotatable bonds is 4. The lowest BCUT2D eigenvalue weighted by molar-refractivity contribution is 0.482. The van der Waals surface area contributed by atoms with Gasteiger partial charge in [0.05, 0.1) is 17.1 Å². The molecule has 0 saturated heterocycles. The first-order chi connectivity index (χ1) is 24.8. The standard InChI is InChI=1S/C46H38BrN3O/c1-46(2,3)34-26-27-48-45(29-34)50-42-22-11-8-15-33(42)28-32-14-7-10-21-41(32)49(36-17-5-4-6-18-36)43-23-12-9-20-39(43)40-25-24-38(31-44(40)50)51-37-19-13-16-35(47)30-37/h4-27,29-31H,28H2,1-3H3. The lowest BCUT2D eigenvalue weighted by atomic mass is 9.87. The van der Waals surface area contributed by atoms with Crippen LogP contribution in [-0.4, -0.2) is 4.98 Å². The molecule has 0 saturated carbocycles. The first-order valence-corrected chi connectivity index (χ1v) is 18.1. The van der Waals surface area contributed by atoms with Crippen LogP contribution in [0.4, 0.5) is 34.3 Å². The van der Waals surface area contributed by atoms with Gasteiger partial charge in [0.1, 0.15) is 17.3 Å². The molecule has 1 aliphatic heterocycles. The van der Waals surface area contributed by atoms with Crippen molar-refractivity contribution in [3.8, 4) is 22.6 Å². The van der Waals surface area contributed by atoms with E-state index in [4.69, 9.17) is 9.72 Å². The Labute approximate surface area is 308 Å². The molecule has 51 heavy (non-hydrogen) atoms. The summed E-state index contributed by atoms with van der Waals surface area (Å²) in [5, 5.41) is 0. The molecule has 6 aromatic carbocycles. The molecular formula is C46H38BrN3O. The van der Waals surface area contributed by atoms with Crippen LogP contribution in [0.25, 0.3) is 11.1 Å². The fraction of sp³-hybridized carbons (Fsp3) is 0.109. The lowest BCUT2D eigenvalue weighted by Gasteiger charge is -2.31. The molecule has 0 fully saturated rings. The number of pyridine rings is 1. The van der Waals surface area contributed by atoms with Crippen LogP contribution in [0.5, 0.6) is 11.5 Å². The molecule has 250 valence electrons. The highest BCUT2D eigenvalue weighted by Gasteiger charge is 2.28. The van der Waals surface area contributed by atoms with Crippen molar-refractivity contribution in [2.75, 3.05) is 9.80 Å². The number of ether oxygens (including phenoxy) is 1. The van der Waals surface area contributed by atoms with Crippen molar-refractivity contribution < 1.29 is 4.74 Å². The van der Waals surface area contributed by atoms with Crippen molar-refractivity contribution in [3.63, 3.8) is 0 Å². The van der Waals surface area contributed by atoms with Crippen LogP contribution in [0, 0.1) is 0 Å². The van der Waals surface area contributed by atoms with Crippen LogP contribution in [0.3, 0.4) is 0 Å². The van der Waals surface area contributed by atoms with Crippen molar-refractivity contribution in [2.45, 2.75) is 32.6 Å². The van der Waals surface area contributed by atoms with Crippen LogP contribution in [0.15, 0.2) is 168 Å². The van der Waals surface area contributed by atoms with E-state index in [1.54, 1.807) is 0 Å². The van der Waals surface area contributed by atoms with Crippen LogP contribution < -0.4 is 14.5 Å². The van der Waals surface area contributed by atoms with Gasteiger partial charge in [-0.3, -0.25) is 4.90 Å². The molecule has 2 heterocycles. The van der Waals surface area contributed by atoms with Gasteiger partial charge in [-0.2, -0.15) is 0 Å². The highest BCUT2D eigenvalue weighted by Crippen LogP contribution is 2.50. The molecule has 0 unspecified atom stereocenters. The predicted octanol–water partition coefficient (Wildman–Crippen LogP) is 13.4. The summed E-state index contributed by atoms with van der Waals surface area (Å²) < 4.78 is 7.53. The summed E-state index contributed by atoms with van der Waals surface area (Å²) in [5.41, 5.74) is 11.1. The Morgan fingerprint density at radius 1 is 0.549 bits per heavy atom. The molecule has 5 heteroatoms. The lowest BCUT2D eigenvalue weighted by Crippen LogP contribution is -2.17. The Bertz CT molecular complexity index is 2350. The molecule has 0 spiro atoms. The van der Waals surface area contributed by atoms with Crippen LogP contribution in [0.1, 0.15) is 37.5 Å². The number of hydrogen-bond donors (Lipinski definition) is 0. The van der Waals surface area contributed by atoms with E-state index in [0.29, 0.717) is 0 Å². The normalized spacial score (nSPS) is 12.5. The van der Waals surface area contributed by atoms with Crippen LogP contribution >= 0.6 is 15.9 Å². The molecular weight excluding hydrogens is 690 g/mol. The topological polar surface area (TPSA) is 28.6 Å². The van der Waals surface area contributed by atoms with Gasteiger partial charge in [0.15, 0.2) is 0 Å². The SMILES string of the molecule is CC(C)(C)c1ccnc(N2c3ccccc3Cc3ccccc3N(c3ccccc3)c3ccccc3-c3ccc(Oc4cccc(Br)c4)cc32)c1. The highest BCUT2D eigenvalue weighted by atomic mass is 79.9. The van der Waals surface area contributed by atoms with E-state index in [-0.39, 0.29) is 5.41 Å². The molecule has 0 aliphatic carbocycles. The van der Waals surface area contributed by atoms with E-state index >= 15 is 0 Å². The maximum atomic E-state index is 6.57. The zero-order valence-electron chi connectivity index (χ0n) is 28.9. The average Bonchev–Trinajstić information content (AvgIpc) is 3.15. The predicted molar refractivity (Wildman–Crippen MR) is 215 cm³/mol. The fourth-order valence-electron chi connectivity index (χ4n) is 6.88. The molecule has 0 atom stereocenters. The van der Waals surface area contributed by atoms with E-state index in [2.05, 4.69) is 180 Å². The first kappa shape index (κ1) is 32.5. The van der Waals surface area contributed by atoms with E-state index in [0.717, 1.165) is 67.8 Å². The Balaban J connectivity index is 1.47. The summed E-state index contributed by atoms with van der Waals surface area (Å²) in [6, 6.07) is 55.6. The summed E-state index contributed by atoms with van der Waals surface area (Å²) in [6.45, 7) is 6.74. The monoisotopic (exact) mass is 727 g/mol. The summed E-state index contributed by atoms with van der Waals surface area (Å²) in [7, 11) is 0. The molecule has 0 N–H and O–H groups in total. The van der Waals surface area contributed by atoms with Crippen molar-refractivity contribution in [3.05, 3.63) is 185 Å². The van der Waals surface area contributed by atoms with Crippen LogP contribution in [-0.2, 0) is 11.8 Å². The minimum Gasteiger partial charge on any atom is -0.457 e. The van der Waals surface area contributed by atoms with Crippen molar-refractivity contribution in [2.24, 2.45) is 0 Å². The van der Waals surface area contributed by atoms with Gasteiger partial charge >= 0.3 is 0 Å².